The Bertz CT molecular complexity index is 435. The third kappa shape index (κ3) is 3.11. The summed E-state index contributed by atoms with van der Waals surface area (Å²) in [5, 5.41) is 9.01. The van der Waals surface area contributed by atoms with Gasteiger partial charge in [0.25, 0.3) is 0 Å². The van der Waals surface area contributed by atoms with Crippen LogP contribution in [0.15, 0.2) is 41.6 Å². The van der Waals surface area contributed by atoms with Gasteiger partial charge >= 0.3 is 5.97 Å². The van der Waals surface area contributed by atoms with Crippen molar-refractivity contribution in [2.45, 2.75) is 19.3 Å². The molecule has 0 unspecified atom stereocenters. The summed E-state index contributed by atoms with van der Waals surface area (Å²) >= 11 is 0. The van der Waals surface area contributed by atoms with Crippen LogP contribution in [0, 0.1) is 5.92 Å². The molecule has 0 heterocycles. The standard InChI is InChI=1S/C14H14O2/c15-14(16)13(10-12-6-7-12)9-8-11-4-2-1-3-5-11/h1-5,8,12H,6-7,10H2,(H,15,16). The number of benzene rings is 1. The predicted molar refractivity (Wildman–Crippen MR) is 62.9 cm³/mol. The number of carboxylic acids is 1. The van der Waals surface area contributed by atoms with Crippen molar-refractivity contribution in [3.05, 3.63) is 47.2 Å². The molecule has 0 aliphatic heterocycles. The maximum atomic E-state index is 11.0. The van der Waals surface area contributed by atoms with Crippen LogP contribution in [0.1, 0.15) is 24.8 Å². The Hall–Kier alpha value is -1.79. The van der Waals surface area contributed by atoms with Gasteiger partial charge in [-0.05, 0) is 36.8 Å². The van der Waals surface area contributed by atoms with Gasteiger partial charge in [-0.3, -0.25) is 0 Å². The maximum absolute atomic E-state index is 11.0. The molecule has 1 aromatic carbocycles. The minimum absolute atomic E-state index is 0.395. The molecule has 1 aliphatic carbocycles. The van der Waals surface area contributed by atoms with Gasteiger partial charge in [-0.25, -0.2) is 4.79 Å². The molecule has 0 aromatic heterocycles. The minimum atomic E-state index is -0.848. The van der Waals surface area contributed by atoms with Gasteiger partial charge in [0.15, 0.2) is 0 Å². The van der Waals surface area contributed by atoms with E-state index < -0.39 is 5.97 Å². The van der Waals surface area contributed by atoms with Crippen molar-refractivity contribution in [2.75, 3.05) is 0 Å². The molecule has 2 nitrogen and oxygen atoms in total. The maximum Gasteiger partial charge on any atom is 0.339 e. The fraction of sp³-hybridized carbons (Fsp3) is 0.286. The number of carboxylic acid groups (broad SMARTS) is 1. The van der Waals surface area contributed by atoms with E-state index in [4.69, 9.17) is 5.11 Å². The van der Waals surface area contributed by atoms with Gasteiger partial charge in [-0.15, -0.1) is 5.73 Å². The smallest absolute Gasteiger partial charge is 0.339 e. The summed E-state index contributed by atoms with van der Waals surface area (Å²) in [6.45, 7) is 0. The van der Waals surface area contributed by atoms with E-state index in [0.29, 0.717) is 17.9 Å². The predicted octanol–water partition coefficient (Wildman–Crippen LogP) is 3.11. The van der Waals surface area contributed by atoms with E-state index in [1.807, 2.05) is 30.3 Å². The zero-order valence-corrected chi connectivity index (χ0v) is 9.02. The van der Waals surface area contributed by atoms with Crippen LogP contribution in [-0.2, 0) is 4.79 Å². The second kappa shape index (κ2) is 4.82. The molecule has 1 aliphatic rings. The average molecular weight is 214 g/mol. The monoisotopic (exact) mass is 214 g/mol. The molecular formula is C14H14O2. The molecule has 1 aromatic rings. The molecule has 2 rings (SSSR count). The van der Waals surface area contributed by atoms with Crippen LogP contribution in [0.3, 0.4) is 0 Å². The molecule has 1 N–H and O–H groups in total. The first-order valence-corrected chi connectivity index (χ1v) is 5.49. The van der Waals surface area contributed by atoms with Crippen molar-refractivity contribution < 1.29 is 9.90 Å². The SMILES string of the molecule is O=C(O)C(=C=Cc1ccccc1)CC1CC1. The highest BCUT2D eigenvalue weighted by molar-refractivity contribution is 5.87. The minimum Gasteiger partial charge on any atom is -0.477 e. The first-order chi connectivity index (χ1) is 7.75. The van der Waals surface area contributed by atoms with Crippen molar-refractivity contribution >= 4 is 12.0 Å². The lowest BCUT2D eigenvalue weighted by Crippen LogP contribution is -1.99. The van der Waals surface area contributed by atoms with Crippen LogP contribution in [-0.4, -0.2) is 11.1 Å². The van der Waals surface area contributed by atoms with Crippen molar-refractivity contribution in [3.63, 3.8) is 0 Å². The zero-order valence-electron chi connectivity index (χ0n) is 9.02. The van der Waals surface area contributed by atoms with E-state index in [0.717, 1.165) is 18.4 Å². The fourth-order valence-corrected chi connectivity index (χ4v) is 1.54. The van der Waals surface area contributed by atoms with E-state index in [-0.39, 0.29) is 0 Å². The van der Waals surface area contributed by atoms with Crippen LogP contribution in [0.4, 0.5) is 0 Å². The van der Waals surface area contributed by atoms with E-state index in [2.05, 4.69) is 5.73 Å². The molecule has 1 fully saturated rings. The van der Waals surface area contributed by atoms with E-state index in [1.165, 1.54) is 0 Å². The number of carbonyl (C=O) groups is 1. The number of rotatable bonds is 4. The van der Waals surface area contributed by atoms with Gasteiger partial charge in [-0.1, -0.05) is 30.3 Å². The van der Waals surface area contributed by atoms with Crippen LogP contribution in [0.25, 0.3) is 6.08 Å². The summed E-state index contributed by atoms with van der Waals surface area (Å²) in [6, 6.07) is 9.65. The fourth-order valence-electron chi connectivity index (χ4n) is 1.54. The Morgan fingerprint density at radius 2 is 2.06 bits per heavy atom. The Balaban J connectivity index is 2.17. The average Bonchev–Trinajstić information content (AvgIpc) is 3.09. The Labute approximate surface area is 94.9 Å². The van der Waals surface area contributed by atoms with Gasteiger partial charge in [0.1, 0.15) is 0 Å². The van der Waals surface area contributed by atoms with Crippen LogP contribution in [0.5, 0.6) is 0 Å². The molecule has 0 saturated heterocycles. The van der Waals surface area contributed by atoms with Gasteiger partial charge in [0.2, 0.25) is 0 Å². The summed E-state index contributed by atoms with van der Waals surface area (Å²) < 4.78 is 0. The molecule has 82 valence electrons. The highest BCUT2D eigenvalue weighted by atomic mass is 16.4. The number of hydrogen-bond acceptors (Lipinski definition) is 1. The van der Waals surface area contributed by atoms with Crippen LogP contribution in [0.2, 0.25) is 0 Å². The summed E-state index contributed by atoms with van der Waals surface area (Å²) in [7, 11) is 0. The normalized spacial score (nSPS) is 14.0. The van der Waals surface area contributed by atoms with Gasteiger partial charge in [-0.2, -0.15) is 0 Å². The highest BCUT2D eigenvalue weighted by Crippen LogP contribution is 2.34. The largest absolute Gasteiger partial charge is 0.477 e. The lowest BCUT2D eigenvalue weighted by Gasteiger charge is -1.95. The lowest BCUT2D eigenvalue weighted by atomic mass is 10.1. The molecule has 0 radical (unpaired) electrons. The van der Waals surface area contributed by atoms with Crippen LogP contribution < -0.4 is 0 Å². The molecule has 0 amide bonds. The van der Waals surface area contributed by atoms with Crippen molar-refractivity contribution in [2.24, 2.45) is 5.92 Å². The first-order valence-electron chi connectivity index (χ1n) is 5.49. The Morgan fingerprint density at radius 3 is 2.62 bits per heavy atom. The Kier molecular flexibility index (Phi) is 3.23. The quantitative estimate of drug-likeness (QED) is 0.617. The number of aliphatic carboxylic acids is 1. The summed E-state index contributed by atoms with van der Waals surface area (Å²) in [5.41, 5.74) is 4.28. The zero-order chi connectivity index (χ0) is 11.4. The second-order valence-corrected chi connectivity index (χ2v) is 4.13. The lowest BCUT2D eigenvalue weighted by molar-refractivity contribution is -0.132. The highest BCUT2D eigenvalue weighted by Gasteiger charge is 2.24. The van der Waals surface area contributed by atoms with E-state index in [9.17, 15) is 4.79 Å². The summed E-state index contributed by atoms with van der Waals surface area (Å²) in [6.07, 6.45) is 4.71. The molecule has 2 heteroatoms. The van der Waals surface area contributed by atoms with E-state index in [1.54, 1.807) is 6.08 Å². The Morgan fingerprint density at radius 1 is 1.38 bits per heavy atom. The summed E-state index contributed by atoms with van der Waals surface area (Å²) in [5.74, 6) is -0.276. The van der Waals surface area contributed by atoms with Gasteiger partial charge in [0, 0.05) is 0 Å². The van der Waals surface area contributed by atoms with E-state index >= 15 is 0 Å². The van der Waals surface area contributed by atoms with Crippen molar-refractivity contribution in [3.8, 4) is 0 Å². The first kappa shape index (κ1) is 10.7. The molecular weight excluding hydrogens is 200 g/mol. The summed E-state index contributed by atoms with van der Waals surface area (Å²) in [4.78, 5) is 11.0. The van der Waals surface area contributed by atoms with Gasteiger partial charge in [0.05, 0.1) is 5.57 Å². The molecule has 0 bridgehead atoms. The van der Waals surface area contributed by atoms with Crippen LogP contribution >= 0.6 is 0 Å². The third-order valence-electron chi connectivity index (χ3n) is 2.66. The molecule has 0 spiro atoms. The molecule has 16 heavy (non-hydrogen) atoms. The van der Waals surface area contributed by atoms with Crippen molar-refractivity contribution in [1.29, 1.82) is 0 Å². The second-order valence-electron chi connectivity index (χ2n) is 4.13. The van der Waals surface area contributed by atoms with Gasteiger partial charge < -0.3 is 5.11 Å². The number of hydrogen-bond donors (Lipinski definition) is 1. The molecule has 1 saturated carbocycles. The third-order valence-corrected chi connectivity index (χ3v) is 2.66. The van der Waals surface area contributed by atoms with Crippen molar-refractivity contribution in [1.82, 2.24) is 0 Å². The topological polar surface area (TPSA) is 37.3 Å². The molecule has 0 atom stereocenters.